The predicted molar refractivity (Wildman–Crippen MR) is 106 cm³/mol. The first-order valence-corrected chi connectivity index (χ1v) is 9.50. The lowest BCUT2D eigenvalue weighted by molar-refractivity contribution is -0.137. The maximum Gasteiger partial charge on any atom is 0.416 e. The van der Waals surface area contributed by atoms with Crippen molar-refractivity contribution < 1.29 is 22.7 Å². The van der Waals surface area contributed by atoms with Crippen LogP contribution in [-0.2, 0) is 12.6 Å². The smallest absolute Gasteiger partial charge is 0.416 e. The average molecular weight is 415 g/mol. The minimum Gasteiger partial charge on any atom is -0.497 e. The lowest BCUT2D eigenvalue weighted by Gasteiger charge is -2.29. The third kappa shape index (κ3) is 3.53. The molecule has 0 spiro atoms. The van der Waals surface area contributed by atoms with E-state index < -0.39 is 11.7 Å². The zero-order valence-corrected chi connectivity index (χ0v) is 16.5. The Kier molecular flexibility index (Phi) is 5.01. The molecule has 1 amide bonds. The van der Waals surface area contributed by atoms with Crippen molar-refractivity contribution in [2.45, 2.75) is 25.9 Å². The highest BCUT2D eigenvalue weighted by Gasteiger charge is 2.31. The number of amides is 1. The highest BCUT2D eigenvalue weighted by atomic mass is 19.4. The molecule has 2 aromatic carbocycles. The number of carbonyl (C=O) groups is 1. The minimum atomic E-state index is -4.45. The number of carbonyl (C=O) groups excluding carboxylic acids is 1. The maximum absolute atomic E-state index is 13.3. The summed E-state index contributed by atoms with van der Waals surface area (Å²) in [5.41, 5.74) is 2.18. The van der Waals surface area contributed by atoms with E-state index in [9.17, 15) is 18.0 Å². The molecule has 156 valence electrons. The number of halogens is 3. The fraction of sp³-hybridized carbons (Fsp3) is 0.273. The van der Waals surface area contributed by atoms with Crippen molar-refractivity contribution in [3.63, 3.8) is 0 Å². The Hall–Kier alpha value is -3.29. The third-order valence-electron chi connectivity index (χ3n) is 5.31. The molecule has 1 aliphatic heterocycles. The topological polar surface area (TPSA) is 47.4 Å². The van der Waals surface area contributed by atoms with Gasteiger partial charge in [-0.25, -0.2) is 4.68 Å². The van der Waals surface area contributed by atoms with E-state index in [2.05, 4.69) is 5.10 Å². The van der Waals surface area contributed by atoms with Crippen LogP contribution in [0.15, 0.2) is 48.7 Å². The number of hydrogen-bond acceptors (Lipinski definition) is 3. The van der Waals surface area contributed by atoms with E-state index in [1.807, 2.05) is 18.2 Å². The van der Waals surface area contributed by atoms with Gasteiger partial charge in [-0.1, -0.05) is 6.07 Å². The largest absolute Gasteiger partial charge is 0.497 e. The van der Waals surface area contributed by atoms with E-state index in [0.29, 0.717) is 17.8 Å². The van der Waals surface area contributed by atoms with Gasteiger partial charge in [0.1, 0.15) is 5.75 Å². The Morgan fingerprint density at radius 1 is 1.17 bits per heavy atom. The van der Waals surface area contributed by atoms with Gasteiger partial charge in [-0.05, 0) is 61.7 Å². The summed E-state index contributed by atoms with van der Waals surface area (Å²) in [6.07, 6.45) is -1.38. The van der Waals surface area contributed by atoms with E-state index in [1.165, 1.54) is 23.0 Å². The number of aromatic nitrogens is 2. The van der Waals surface area contributed by atoms with Gasteiger partial charge in [0.25, 0.3) is 5.91 Å². The Morgan fingerprint density at radius 3 is 2.70 bits per heavy atom. The summed E-state index contributed by atoms with van der Waals surface area (Å²) in [6.45, 7) is 2.24. The molecule has 1 aliphatic rings. The van der Waals surface area contributed by atoms with Crippen molar-refractivity contribution in [2.75, 3.05) is 18.6 Å². The molecule has 3 aromatic rings. The van der Waals surface area contributed by atoms with E-state index >= 15 is 0 Å². The van der Waals surface area contributed by atoms with Crippen molar-refractivity contribution in [3.8, 4) is 11.4 Å². The first-order valence-electron chi connectivity index (χ1n) is 9.50. The van der Waals surface area contributed by atoms with Crippen molar-refractivity contribution in [3.05, 3.63) is 71.0 Å². The number of hydrogen-bond donors (Lipinski definition) is 0. The van der Waals surface area contributed by atoms with Gasteiger partial charge < -0.3 is 9.64 Å². The molecule has 0 saturated carbocycles. The molecule has 0 atom stereocenters. The number of aryl methyl sites for hydroxylation is 1. The van der Waals surface area contributed by atoms with Gasteiger partial charge in [0.2, 0.25) is 0 Å². The predicted octanol–water partition coefficient (Wildman–Crippen LogP) is 4.80. The van der Waals surface area contributed by atoms with Gasteiger partial charge in [0, 0.05) is 12.2 Å². The van der Waals surface area contributed by atoms with E-state index in [0.717, 1.165) is 42.0 Å². The number of nitrogens with zero attached hydrogens (tertiary/aromatic N) is 3. The van der Waals surface area contributed by atoms with Gasteiger partial charge in [-0.2, -0.15) is 18.3 Å². The number of ether oxygens (including phenoxy) is 1. The van der Waals surface area contributed by atoms with Crippen molar-refractivity contribution in [1.82, 2.24) is 9.78 Å². The molecule has 0 radical (unpaired) electrons. The highest BCUT2D eigenvalue weighted by Crippen LogP contribution is 2.33. The number of anilines is 1. The van der Waals surface area contributed by atoms with Crippen LogP contribution in [0.1, 0.15) is 33.6 Å². The van der Waals surface area contributed by atoms with Gasteiger partial charge in [0.05, 0.1) is 35.8 Å². The second-order valence-electron chi connectivity index (χ2n) is 7.16. The van der Waals surface area contributed by atoms with Crippen molar-refractivity contribution in [1.29, 1.82) is 0 Å². The molecule has 0 saturated heterocycles. The molecule has 0 bridgehead atoms. The average Bonchev–Trinajstić information content (AvgIpc) is 3.13. The van der Waals surface area contributed by atoms with Crippen molar-refractivity contribution >= 4 is 11.6 Å². The fourth-order valence-electron chi connectivity index (χ4n) is 3.75. The van der Waals surface area contributed by atoms with Crippen LogP contribution < -0.4 is 9.64 Å². The van der Waals surface area contributed by atoms with E-state index in [1.54, 1.807) is 18.9 Å². The molecular formula is C22H20F3N3O2. The van der Waals surface area contributed by atoms with Crippen molar-refractivity contribution in [2.24, 2.45) is 0 Å². The second-order valence-corrected chi connectivity index (χ2v) is 7.16. The third-order valence-corrected chi connectivity index (χ3v) is 5.31. The van der Waals surface area contributed by atoms with Crippen LogP contribution in [0.25, 0.3) is 5.69 Å². The van der Waals surface area contributed by atoms with Crippen LogP contribution in [-0.4, -0.2) is 29.3 Å². The van der Waals surface area contributed by atoms with Crippen LogP contribution >= 0.6 is 0 Å². The fourth-order valence-corrected chi connectivity index (χ4v) is 3.75. The quantitative estimate of drug-likeness (QED) is 0.617. The Bertz CT molecular complexity index is 1110. The number of alkyl halides is 3. The summed E-state index contributed by atoms with van der Waals surface area (Å²) in [6, 6.07) is 10.5. The first kappa shape index (κ1) is 20.0. The molecule has 0 N–H and O–H groups in total. The summed E-state index contributed by atoms with van der Waals surface area (Å²) in [7, 11) is 1.60. The highest BCUT2D eigenvalue weighted by molar-refractivity contribution is 6.07. The Labute approximate surface area is 171 Å². The molecule has 5 nitrogen and oxygen atoms in total. The molecular weight excluding hydrogens is 395 g/mol. The van der Waals surface area contributed by atoms with Gasteiger partial charge in [-0.15, -0.1) is 0 Å². The summed E-state index contributed by atoms with van der Waals surface area (Å²) in [5, 5.41) is 4.19. The van der Waals surface area contributed by atoms with Crippen LogP contribution in [0.3, 0.4) is 0 Å². The number of fused-ring (bicyclic) bond motifs is 1. The van der Waals surface area contributed by atoms with Crippen LogP contribution in [0.4, 0.5) is 18.9 Å². The zero-order chi connectivity index (χ0) is 21.5. The number of benzene rings is 2. The minimum absolute atomic E-state index is 0.225. The monoisotopic (exact) mass is 415 g/mol. The van der Waals surface area contributed by atoms with Gasteiger partial charge >= 0.3 is 6.18 Å². The van der Waals surface area contributed by atoms with Crippen LogP contribution in [0, 0.1) is 6.92 Å². The molecule has 1 aromatic heterocycles. The first-order chi connectivity index (χ1) is 14.3. The molecule has 0 unspecified atom stereocenters. The second kappa shape index (κ2) is 7.51. The molecule has 30 heavy (non-hydrogen) atoms. The van der Waals surface area contributed by atoms with Gasteiger partial charge in [0.15, 0.2) is 0 Å². The van der Waals surface area contributed by atoms with E-state index in [4.69, 9.17) is 4.74 Å². The molecule has 4 rings (SSSR count). The van der Waals surface area contributed by atoms with Crippen LogP contribution in [0.2, 0.25) is 0 Å². The summed E-state index contributed by atoms with van der Waals surface area (Å²) < 4.78 is 45.8. The SMILES string of the molecule is COc1ccc2c(c1)CCCN2C(=O)c1cnn(-c2cccc(C(F)(F)F)c2)c1C. The Balaban J connectivity index is 1.68. The zero-order valence-electron chi connectivity index (χ0n) is 16.5. The van der Waals surface area contributed by atoms with E-state index in [-0.39, 0.29) is 11.6 Å². The summed E-state index contributed by atoms with van der Waals surface area (Å²) in [5.74, 6) is 0.508. The lowest BCUT2D eigenvalue weighted by Crippen LogP contribution is -2.35. The maximum atomic E-state index is 13.3. The number of rotatable bonds is 3. The lowest BCUT2D eigenvalue weighted by atomic mass is 10.0. The van der Waals surface area contributed by atoms with Gasteiger partial charge in [-0.3, -0.25) is 4.79 Å². The molecule has 8 heteroatoms. The molecule has 0 fully saturated rings. The Morgan fingerprint density at radius 2 is 1.97 bits per heavy atom. The molecule has 2 heterocycles. The molecule has 0 aliphatic carbocycles. The normalized spacial score (nSPS) is 13.8. The summed E-state index contributed by atoms with van der Waals surface area (Å²) in [4.78, 5) is 15.0. The van der Waals surface area contributed by atoms with Crippen LogP contribution in [0.5, 0.6) is 5.75 Å². The summed E-state index contributed by atoms with van der Waals surface area (Å²) >= 11 is 0. The number of methoxy groups -OCH3 is 1. The standard InChI is InChI=1S/C22H20F3N3O2/c1-14-19(13-26-28(14)17-7-3-6-16(12-17)22(23,24)25)21(29)27-10-4-5-15-11-18(30-2)8-9-20(15)27/h3,6-9,11-13H,4-5,10H2,1-2H3.